The summed E-state index contributed by atoms with van der Waals surface area (Å²) in [6.45, 7) is 19.5. The first-order valence-electron chi connectivity index (χ1n) is 6.39. The van der Waals surface area contributed by atoms with Crippen LogP contribution in [0.4, 0.5) is 0 Å². The standard InChI is InChI=1S/C12H26N.C2H6.K/c1-7-11(2)10-13(6)9-8-12(3,4)5;1-2;/h11H,3,7-10H2,1-2,4-6H3;1-2H3;/q-1;;+1/t11-;;/m0../s1. The zero-order chi connectivity index (χ0) is 12.5. The normalized spacial score (nSPS) is 12.6. The van der Waals surface area contributed by atoms with Gasteiger partial charge in [-0.1, -0.05) is 54.4 Å². The van der Waals surface area contributed by atoms with Crippen LogP contribution in [0.3, 0.4) is 0 Å². The number of nitrogens with zero attached hydrogens (tertiary/aromatic N) is 1. The van der Waals surface area contributed by atoms with Gasteiger partial charge in [0.1, 0.15) is 0 Å². The molecule has 0 aromatic heterocycles. The molecule has 1 atom stereocenters. The first-order chi connectivity index (χ1) is 6.85. The van der Waals surface area contributed by atoms with Crippen molar-refractivity contribution in [3.05, 3.63) is 6.92 Å². The van der Waals surface area contributed by atoms with E-state index < -0.39 is 0 Å². The Morgan fingerprint density at radius 1 is 1.25 bits per heavy atom. The second-order valence-corrected chi connectivity index (χ2v) is 5.19. The summed E-state index contributed by atoms with van der Waals surface area (Å²) in [4.78, 5) is 2.42. The van der Waals surface area contributed by atoms with Gasteiger partial charge in [-0.3, -0.25) is 0 Å². The third-order valence-electron chi connectivity index (χ3n) is 2.49. The molecule has 0 spiro atoms. The van der Waals surface area contributed by atoms with E-state index in [1.165, 1.54) is 25.9 Å². The minimum Gasteiger partial charge on any atom is -0.338 e. The van der Waals surface area contributed by atoms with Crippen LogP contribution >= 0.6 is 0 Å². The van der Waals surface area contributed by atoms with E-state index in [2.05, 4.69) is 46.6 Å². The molecule has 0 bridgehead atoms. The summed E-state index contributed by atoms with van der Waals surface area (Å²) in [5.41, 5.74) is 0.226. The first kappa shape index (κ1) is 22.7. The van der Waals surface area contributed by atoms with Gasteiger partial charge in [-0.25, -0.2) is 0 Å². The van der Waals surface area contributed by atoms with E-state index in [4.69, 9.17) is 0 Å². The number of hydrogen-bond donors (Lipinski definition) is 0. The summed E-state index contributed by atoms with van der Waals surface area (Å²) in [7, 11) is 2.21. The zero-order valence-electron chi connectivity index (χ0n) is 13.1. The Hall–Kier alpha value is 1.60. The Balaban J connectivity index is -0.000000529. The van der Waals surface area contributed by atoms with Gasteiger partial charge in [0.25, 0.3) is 0 Å². The molecule has 0 aliphatic rings. The van der Waals surface area contributed by atoms with Gasteiger partial charge >= 0.3 is 51.4 Å². The molecule has 0 saturated heterocycles. The van der Waals surface area contributed by atoms with E-state index in [9.17, 15) is 0 Å². The number of rotatable bonds is 6. The van der Waals surface area contributed by atoms with Crippen LogP contribution < -0.4 is 51.4 Å². The van der Waals surface area contributed by atoms with E-state index >= 15 is 0 Å². The Bertz CT molecular complexity index is 129. The van der Waals surface area contributed by atoms with E-state index in [0.717, 1.165) is 5.92 Å². The van der Waals surface area contributed by atoms with Gasteiger partial charge < -0.3 is 11.8 Å². The molecule has 16 heavy (non-hydrogen) atoms. The maximum Gasteiger partial charge on any atom is 1.00 e. The summed E-state index contributed by atoms with van der Waals surface area (Å²) in [5.74, 6) is 0.818. The molecule has 0 aromatic rings. The fraction of sp³-hybridized carbons (Fsp3) is 0.929. The molecule has 1 nitrogen and oxygen atoms in total. The largest absolute Gasteiger partial charge is 1.00 e. The predicted molar refractivity (Wildman–Crippen MR) is 72.1 cm³/mol. The smallest absolute Gasteiger partial charge is 0.338 e. The Morgan fingerprint density at radius 2 is 1.69 bits per heavy atom. The van der Waals surface area contributed by atoms with Crippen LogP contribution in [0.5, 0.6) is 0 Å². The molecule has 0 heterocycles. The summed E-state index contributed by atoms with van der Waals surface area (Å²) >= 11 is 0. The minimum absolute atomic E-state index is 0. The quantitative estimate of drug-likeness (QED) is 0.509. The average Bonchev–Trinajstić information content (AvgIpc) is 2.17. The van der Waals surface area contributed by atoms with Crippen LogP contribution in [0.2, 0.25) is 0 Å². The van der Waals surface area contributed by atoms with Crippen LogP contribution in [0.1, 0.15) is 54.4 Å². The average molecular weight is 254 g/mol. The molecule has 0 amide bonds. The Labute approximate surface area is 147 Å². The van der Waals surface area contributed by atoms with Gasteiger partial charge in [-0.15, -0.1) is 0 Å². The van der Waals surface area contributed by atoms with Crippen molar-refractivity contribution in [3.8, 4) is 0 Å². The van der Waals surface area contributed by atoms with Crippen molar-refractivity contribution in [3.63, 3.8) is 0 Å². The molecule has 0 N–H and O–H groups in total. The second kappa shape index (κ2) is 13.0. The molecule has 0 rings (SSSR count). The summed E-state index contributed by atoms with van der Waals surface area (Å²) < 4.78 is 0. The van der Waals surface area contributed by atoms with Crippen molar-refractivity contribution < 1.29 is 51.4 Å². The van der Waals surface area contributed by atoms with Crippen LogP contribution in [0.25, 0.3) is 0 Å². The molecule has 2 heteroatoms. The molecule has 0 unspecified atom stereocenters. The Morgan fingerprint density at radius 3 is 2.00 bits per heavy atom. The fourth-order valence-electron chi connectivity index (χ4n) is 1.25. The van der Waals surface area contributed by atoms with Crippen molar-refractivity contribution in [2.75, 3.05) is 20.1 Å². The fourth-order valence-corrected chi connectivity index (χ4v) is 1.25. The third kappa shape index (κ3) is 18.0. The molecule has 0 aromatic carbocycles. The topological polar surface area (TPSA) is 3.24 Å². The second-order valence-electron chi connectivity index (χ2n) is 5.19. The predicted octanol–water partition coefficient (Wildman–Crippen LogP) is 1.24. The molecule has 0 radical (unpaired) electrons. The van der Waals surface area contributed by atoms with Gasteiger partial charge in [0, 0.05) is 6.54 Å². The summed E-state index contributed by atoms with van der Waals surface area (Å²) in [6.07, 6.45) is 2.46. The van der Waals surface area contributed by atoms with E-state index in [-0.39, 0.29) is 56.8 Å². The monoisotopic (exact) mass is 253 g/mol. The van der Waals surface area contributed by atoms with E-state index in [1.54, 1.807) is 0 Å². The SMILES string of the molecule is CC.[CH2-]C(C)(C)CCN(C)C[C@@H](C)CC.[K+]. The molecular formula is C14H32KN. The number of hydrogen-bond acceptors (Lipinski definition) is 1. The van der Waals surface area contributed by atoms with Crippen LogP contribution in [0, 0.1) is 18.3 Å². The van der Waals surface area contributed by atoms with E-state index in [1.807, 2.05) is 13.8 Å². The zero-order valence-corrected chi connectivity index (χ0v) is 16.2. The molecule has 0 fully saturated rings. The first-order valence-corrected chi connectivity index (χ1v) is 6.39. The molecule has 0 aliphatic carbocycles. The van der Waals surface area contributed by atoms with Gasteiger partial charge in [0.15, 0.2) is 0 Å². The van der Waals surface area contributed by atoms with Crippen molar-refractivity contribution in [1.82, 2.24) is 4.90 Å². The van der Waals surface area contributed by atoms with Crippen LogP contribution in [-0.2, 0) is 0 Å². The minimum atomic E-state index is 0. The van der Waals surface area contributed by atoms with Gasteiger partial charge in [0.2, 0.25) is 0 Å². The molecular weight excluding hydrogens is 221 g/mol. The van der Waals surface area contributed by atoms with Crippen molar-refractivity contribution >= 4 is 0 Å². The maximum atomic E-state index is 4.12. The molecule has 0 aliphatic heterocycles. The van der Waals surface area contributed by atoms with E-state index in [0.29, 0.717) is 0 Å². The van der Waals surface area contributed by atoms with Gasteiger partial charge in [0.05, 0.1) is 0 Å². The maximum absolute atomic E-state index is 4.12. The van der Waals surface area contributed by atoms with Crippen molar-refractivity contribution in [2.24, 2.45) is 11.3 Å². The van der Waals surface area contributed by atoms with Crippen LogP contribution in [0.15, 0.2) is 0 Å². The van der Waals surface area contributed by atoms with Crippen molar-refractivity contribution in [1.29, 1.82) is 0 Å². The van der Waals surface area contributed by atoms with Crippen LogP contribution in [-0.4, -0.2) is 25.0 Å². The summed E-state index contributed by atoms with van der Waals surface area (Å²) in [6, 6.07) is 0. The van der Waals surface area contributed by atoms with Gasteiger partial charge in [-0.05, 0) is 19.5 Å². The summed E-state index contributed by atoms with van der Waals surface area (Å²) in [5, 5.41) is 0. The van der Waals surface area contributed by atoms with Gasteiger partial charge in [-0.2, -0.15) is 5.41 Å². The third-order valence-corrected chi connectivity index (χ3v) is 2.49. The van der Waals surface area contributed by atoms with Crippen molar-refractivity contribution in [2.45, 2.75) is 54.4 Å². The molecule has 0 saturated carbocycles. The Kier molecular flexibility index (Phi) is 18.5. The molecule has 94 valence electrons.